The molecule has 132 valence electrons. The average molecular weight is 346 g/mol. The van der Waals surface area contributed by atoms with E-state index in [0.717, 1.165) is 12.8 Å². The molecule has 1 atom stereocenters. The van der Waals surface area contributed by atoms with Gasteiger partial charge in [-0.05, 0) is 43.0 Å². The summed E-state index contributed by atoms with van der Waals surface area (Å²) in [6, 6.07) is 15.5. The van der Waals surface area contributed by atoms with Crippen molar-refractivity contribution in [3.63, 3.8) is 0 Å². The number of benzene rings is 2. The van der Waals surface area contributed by atoms with E-state index in [9.17, 15) is 9.59 Å². The van der Waals surface area contributed by atoms with Gasteiger partial charge in [0.1, 0.15) is 0 Å². The predicted octanol–water partition coefficient (Wildman–Crippen LogP) is 3.45. The van der Waals surface area contributed by atoms with Gasteiger partial charge in [-0.25, -0.2) is 0 Å². The van der Waals surface area contributed by atoms with Gasteiger partial charge in [0.15, 0.2) is 5.78 Å². The molecule has 3 rings (SSSR count). The maximum atomic E-state index is 12.5. The fourth-order valence-electron chi connectivity index (χ4n) is 3.51. The molecule has 1 aliphatic rings. The summed E-state index contributed by atoms with van der Waals surface area (Å²) >= 11 is 0. The van der Waals surface area contributed by atoms with E-state index in [2.05, 4.69) is 23.4 Å². The summed E-state index contributed by atoms with van der Waals surface area (Å²) in [5.41, 5.74) is 3.78. The number of terminal acetylenes is 1. The fraction of sp³-hybridized carbons (Fsp3) is 0.273. The van der Waals surface area contributed by atoms with Crippen LogP contribution in [0.1, 0.15) is 40.9 Å². The van der Waals surface area contributed by atoms with Crippen molar-refractivity contribution in [2.75, 3.05) is 18.4 Å². The maximum Gasteiger partial charge on any atom is 0.238 e. The number of nitrogens with one attached hydrogen (secondary N) is 1. The van der Waals surface area contributed by atoms with Crippen LogP contribution < -0.4 is 5.32 Å². The molecule has 0 aliphatic heterocycles. The number of rotatable bonds is 6. The summed E-state index contributed by atoms with van der Waals surface area (Å²) in [6.45, 7) is 2.14. The van der Waals surface area contributed by atoms with Crippen LogP contribution in [0.15, 0.2) is 48.5 Å². The molecule has 1 amide bonds. The van der Waals surface area contributed by atoms with Crippen LogP contribution in [0.2, 0.25) is 0 Å². The number of amides is 1. The first-order chi connectivity index (χ1) is 12.6. The van der Waals surface area contributed by atoms with E-state index in [0.29, 0.717) is 17.8 Å². The Kier molecular flexibility index (Phi) is 5.50. The van der Waals surface area contributed by atoms with E-state index in [1.54, 1.807) is 24.3 Å². The van der Waals surface area contributed by atoms with Crippen molar-refractivity contribution in [2.45, 2.75) is 25.8 Å². The number of aryl methyl sites for hydroxylation is 1. The Morgan fingerprint density at radius 2 is 2.04 bits per heavy atom. The lowest BCUT2D eigenvalue weighted by atomic mass is 10.1. The summed E-state index contributed by atoms with van der Waals surface area (Å²) in [5, 5.41) is 2.87. The summed E-state index contributed by atoms with van der Waals surface area (Å²) in [5.74, 6) is 2.51. The number of hydrogen-bond acceptors (Lipinski definition) is 3. The van der Waals surface area contributed by atoms with Crippen molar-refractivity contribution in [3.8, 4) is 12.3 Å². The van der Waals surface area contributed by atoms with E-state index in [1.807, 2.05) is 17.0 Å². The second kappa shape index (κ2) is 7.99. The first-order valence-electron chi connectivity index (χ1n) is 8.74. The molecule has 0 bridgehead atoms. The van der Waals surface area contributed by atoms with Gasteiger partial charge in [0.05, 0.1) is 13.1 Å². The van der Waals surface area contributed by atoms with Crippen LogP contribution in [-0.2, 0) is 11.2 Å². The standard InChI is InChI=1S/C22H22N2O2/c1-3-13-24(21-12-11-17-7-4-5-10-20(17)21)15-22(26)23-19-9-6-8-18(14-19)16(2)25/h1,4-10,14,21H,11-13,15H2,2H3,(H,23,26). The van der Waals surface area contributed by atoms with E-state index in [-0.39, 0.29) is 24.3 Å². The van der Waals surface area contributed by atoms with Gasteiger partial charge in [-0.15, -0.1) is 6.42 Å². The number of carbonyl (C=O) groups excluding carboxylic acids is 2. The number of carbonyl (C=O) groups is 2. The normalized spacial score (nSPS) is 15.3. The molecule has 2 aromatic rings. The summed E-state index contributed by atoms with van der Waals surface area (Å²) < 4.78 is 0. The van der Waals surface area contributed by atoms with Crippen molar-refractivity contribution in [2.24, 2.45) is 0 Å². The number of fused-ring (bicyclic) bond motifs is 1. The lowest BCUT2D eigenvalue weighted by Gasteiger charge is -2.27. The molecule has 0 fully saturated rings. The molecule has 1 unspecified atom stereocenters. The van der Waals surface area contributed by atoms with E-state index in [1.165, 1.54) is 18.1 Å². The Morgan fingerprint density at radius 3 is 2.81 bits per heavy atom. The summed E-state index contributed by atoms with van der Waals surface area (Å²) in [6.07, 6.45) is 7.51. The molecule has 4 heteroatoms. The third kappa shape index (κ3) is 4.01. The molecule has 1 N–H and O–H groups in total. The molecule has 0 saturated heterocycles. The van der Waals surface area contributed by atoms with Gasteiger partial charge in [0.2, 0.25) is 5.91 Å². The van der Waals surface area contributed by atoms with Crippen molar-refractivity contribution >= 4 is 17.4 Å². The number of nitrogens with zero attached hydrogens (tertiary/aromatic N) is 1. The fourth-order valence-corrected chi connectivity index (χ4v) is 3.51. The monoisotopic (exact) mass is 346 g/mol. The number of ketones is 1. The molecule has 0 heterocycles. The van der Waals surface area contributed by atoms with Gasteiger partial charge in [0, 0.05) is 17.3 Å². The van der Waals surface area contributed by atoms with E-state index < -0.39 is 0 Å². The van der Waals surface area contributed by atoms with Crippen LogP contribution in [0.5, 0.6) is 0 Å². The van der Waals surface area contributed by atoms with E-state index in [4.69, 9.17) is 6.42 Å². The molecule has 2 aromatic carbocycles. The highest BCUT2D eigenvalue weighted by Gasteiger charge is 2.28. The van der Waals surface area contributed by atoms with Gasteiger partial charge in [0.25, 0.3) is 0 Å². The highest BCUT2D eigenvalue weighted by Crippen LogP contribution is 2.35. The van der Waals surface area contributed by atoms with Crippen LogP contribution in [0.4, 0.5) is 5.69 Å². The topological polar surface area (TPSA) is 49.4 Å². The van der Waals surface area contributed by atoms with Crippen LogP contribution in [0.3, 0.4) is 0 Å². The Hall–Kier alpha value is -2.90. The SMILES string of the molecule is C#CCN(CC(=O)Nc1cccc(C(C)=O)c1)C1CCc2ccccc21. The first kappa shape index (κ1) is 17.9. The van der Waals surface area contributed by atoms with Crippen LogP contribution in [-0.4, -0.2) is 29.7 Å². The Morgan fingerprint density at radius 1 is 1.23 bits per heavy atom. The van der Waals surface area contributed by atoms with Crippen molar-refractivity contribution < 1.29 is 9.59 Å². The second-order valence-electron chi connectivity index (χ2n) is 6.55. The number of anilines is 1. The van der Waals surface area contributed by atoms with E-state index >= 15 is 0 Å². The average Bonchev–Trinajstić information content (AvgIpc) is 3.05. The van der Waals surface area contributed by atoms with Gasteiger partial charge >= 0.3 is 0 Å². The van der Waals surface area contributed by atoms with Crippen LogP contribution in [0, 0.1) is 12.3 Å². The third-order valence-electron chi connectivity index (χ3n) is 4.74. The smallest absolute Gasteiger partial charge is 0.238 e. The quantitative estimate of drug-likeness (QED) is 0.644. The Balaban J connectivity index is 1.71. The van der Waals surface area contributed by atoms with Gasteiger partial charge in [-0.1, -0.05) is 42.3 Å². The summed E-state index contributed by atoms with van der Waals surface area (Å²) in [7, 11) is 0. The third-order valence-corrected chi connectivity index (χ3v) is 4.74. The van der Waals surface area contributed by atoms with Crippen molar-refractivity contribution in [3.05, 3.63) is 65.2 Å². The van der Waals surface area contributed by atoms with Gasteiger partial charge in [-0.3, -0.25) is 14.5 Å². The highest BCUT2D eigenvalue weighted by atomic mass is 16.2. The molecule has 4 nitrogen and oxygen atoms in total. The Labute approximate surface area is 154 Å². The van der Waals surface area contributed by atoms with Crippen molar-refractivity contribution in [1.29, 1.82) is 0 Å². The number of hydrogen-bond donors (Lipinski definition) is 1. The second-order valence-corrected chi connectivity index (χ2v) is 6.55. The number of Topliss-reactive ketones (excluding diaryl/α,β-unsaturated/α-hetero) is 1. The zero-order valence-electron chi connectivity index (χ0n) is 14.9. The zero-order valence-corrected chi connectivity index (χ0v) is 14.9. The molecule has 0 spiro atoms. The van der Waals surface area contributed by atoms with Crippen molar-refractivity contribution in [1.82, 2.24) is 4.90 Å². The molecule has 0 saturated carbocycles. The molecule has 26 heavy (non-hydrogen) atoms. The molecule has 1 aliphatic carbocycles. The molecular formula is C22H22N2O2. The largest absolute Gasteiger partial charge is 0.325 e. The minimum absolute atomic E-state index is 0.0300. The minimum atomic E-state index is -0.134. The maximum absolute atomic E-state index is 12.5. The Bertz CT molecular complexity index is 866. The predicted molar refractivity (Wildman–Crippen MR) is 103 cm³/mol. The highest BCUT2D eigenvalue weighted by molar-refractivity contribution is 5.97. The lowest BCUT2D eigenvalue weighted by molar-refractivity contribution is -0.117. The summed E-state index contributed by atoms with van der Waals surface area (Å²) in [4.78, 5) is 26.1. The van der Waals surface area contributed by atoms with Crippen LogP contribution in [0.25, 0.3) is 0 Å². The molecular weight excluding hydrogens is 324 g/mol. The first-order valence-corrected chi connectivity index (χ1v) is 8.74. The molecule has 0 aromatic heterocycles. The van der Waals surface area contributed by atoms with Crippen LogP contribution >= 0.6 is 0 Å². The molecule has 0 radical (unpaired) electrons. The minimum Gasteiger partial charge on any atom is -0.325 e. The van der Waals surface area contributed by atoms with Gasteiger partial charge in [-0.2, -0.15) is 0 Å². The zero-order chi connectivity index (χ0) is 18.5. The van der Waals surface area contributed by atoms with Gasteiger partial charge < -0.3 is 5.32 Å². The lowest BCUT2D eigenvalue weighted by Crippen LogP contribution is -2.36.